The third-order valence-electron chi connectivity index (χ3n) is 6.93. The van der Waals surface area contributed by atoms with Crippen molar-refractivity contribution in [2.75, 3.05) is 20.3 Å². The molecule has 0 bridgehead atoms. The number of amidine groups is 1. The zero-order chi connectivity index (χ0) is 25.9. The summed E-state index contributed by atoms with van der Waals surface area (Å²) in [6.45, 7) is 4.62. The van der Waals surface area contributed by atoms with E-state index in [1.807, 2.05) is 18.2 Å². The molecular weight excluding hydrogens is 426 g/mol. The molecule has 3 aliphatic rings. The normalized spacial score (nSPS) is 29.8. The van der Waals surface area contributed by atoms with Crippen molar-refractivity contribution in [1.29, 1.82) is 0 Å². The van der Waals surface area contributed by atoms with E-state index in [4.69, 9.17) is 18.4 Å². The minimum atomic E-state index is -2.61. The molecule has 0 spiro atoms. The Bertz CT molecular complexity index is 1310. The molecule has 1 aromatic heterocycles. The lowest BCUT2D eigenvalue weighted by Gasteiger charge is -2.35. The van der Waals surface area contributed by atoms with Gasteiger partial charge in [0.2, 0.25) is 0 Å². The van der Waals surface area contributed by atoms with Crippen molar-refractivity contribution in [3.63, 3.8) is 0 Å². The maximum absolute atomic E-state index is 12.4. The molecule has 1 saturated heterocycles. The first-order chi connectivity index (χ1) is 16.9. The standard InChI is InChI=1S/C24H27N3O6/c1-23(2)10-15(6-7-32-23)14-4-5-18-16(8-14)9-19(21(29)30)27(18)24(11-17(24)13-31-3)22-25-20(12-28)33-26-22/h4-5,8-9,15,17H,6-7,10-11,13H2,1-3H3,(H,25,26)(H,29,30)/t15-,17+,24-/m0/s1/i3D3. The fraction of sp³-hybridized carbons (Fsp3) is 0.500. The number of nitrogens with one attached hydrogen (secondary N) is 1. The fourth-order valence-electron chi connectivity index (χ4n) is 5.35. The SMILES string of the molecule is [2H]C([2H])([2H])OC[C@H]1C[C@]1(C1=NOC(=C=O)N1)n1c(C(=O)O)cc2cc([C@H]3CCOC(C)(C)C3)ccc21. The van der Waals surface area contributed by atoms with Crippen LogP contribution in [0.15, 0.2) is 35.3 Å². The van der Waals surface area contributed by atoms with Crippen LogP contribution >= 0.6 is 0 Å². The van der Waals surface area contributed by atoms with Crippen molar-refractivity contribution in [3.8, 4) is 0 Å². The van der Waals surface area contributed by atoms with Gasteiger partial charge in [-0.15, -0.1) is 0 Å². The zero-order valence-corrected chi connectivity index (χ0v) is 18.4. The van der Waals surface area contributed by atoms with Gasteiger partial charge in [0.05, 0.1) is 16.3 Å². The number of fused-ring (bicyclic) bond motifs is 1. The first kappa shape index (κ1) is 18.3. The molecule has 0 amide bonds. The molecule has 1 aromatic carbocycles. The number of carbonyl (C=O) groups excluding carboxylic acids is 1. The number of benzene rings is 1. The molecule has 0 radical (unpaired) electrons. The highest BCUT2D eigenvalue weighted by atomic mass is 16.7. The summed E-state index contributed by atoms with van der Waals surface area (Å²) in [4.78, 5) is 28.5. The lowest BCUT2D eigenvalue weighted by Crippen LogP contribution is -2.39. The highest BCUT2D eigenvalue weighted by Crippen LogP contribution is 2.54. The first-order valence-corrected chi connectivity index (χ1v) is 10.9. The van der Waals surface area contributed by atoms with E-state index in [0.717, 1.165) is 23.8 Å². The lowest BCUT2D eigenvalue weighted by atomic mass is 9.83. The van der Waals surface area contributed by atoms with Gasteiger partial charge >= 0.3 is 11.9 Å². The molecule has 2 N–H and O–H groups in total. The van der Waals surface area contributed by atoms with E-state index in [2.05, 4.69) is 24.3 Å². The Labute approximate surface area is 195 Å². The van der Waals surface area contributed by atoms with Crippen LogP contribution in [0.4, 0.5) is 0 Å². The molecule has 2 aromatic rings. The van der Waals surface area contributed by atoms with Crippen LogP contribution in [0.1, 0.15) is 59.2 Å². The van der Waals surface area contributed by atoms with Crippen LogP contribution in [-0.2, 0) is 24.6 Å². The van der Waals surface area contributed by atoms with E-state index in [0.29, 0.717) is 18.5 Å². The molecule has 9 heteroatoms. The fourth-order valence-corrected chi connectivity index (χ4v) is 5.35. The van der Waals surface area contributed by atoms with Crippen molar-refractivity contribution >= 4 is 28.6 Å². The number of methoxy groups -OCH3 is 1. The van der Waals surface area contributed by atoms with E-state index < -0.39 is 24.5 Å². The Hall–Kier alpha value is -3.13. The third-order valence-corrected chi connectivity index (χ3v) is 6.93. The van der Waals surface area contributed by atoms with E-state index >= 15 is 0 Å². The maximum atomic E-state index is 12.4. The van der Waals surface area contributed by atoms with Gasteiger partial charge < -0.3 is 24.0 Å². The highest BCUT2D eigenvalue weighted by Gasteiger charge is 2.63. The molecule has 0 unspecified atom stereocenters. The number of hydrogen-bond acceptors (Lipinski definition) is 7. The molecule has 9 nitrogen and oxygen atoms in total. The Morgan fingerprint density at radius 2 is 2.27 bits per heavy atom. The number of aromatic carboxylic acids is 1. The highest BCUT2D eigenvalue weighted by molar-refractivity contribution is 6.01. The summed E-state index contributed by atoms with van der Waals surface area (Å²) in [5.41, 5.74) is 0.429. The summed E-state index contributed by atoms with van der Waals surface area (Å²) in [6.07, 6.45) is 2.06. The second-order valence-electron chi connectivity index (χ2n) is 9.51. The topological polar surface area (TPSA) is 111 Å². The smallest absolute Gasteiger partial charge is 0.352 e. The van der Waals surface area contributed by atoms with Gasteiger partial charge in [0.25, 0.3) is 0 Å². The van der Waals surface area contributed by atoms with Crippen LogP contribution in [0, 0.1) is 5.92 Å². The quantitative estimate of drug-likeness (QED) is 0.643. The molecule has 174 valence electrons. The van der Waals surface area contributed by atoms with E-state index in [1.165, 1.54) is 0 Å². The Kier molecular flexibility index (Phi) is 4.29. The summed E-state index contributed by atoms with van der Waals surface area (Å²) in [5, 5.41) is 17.6. The minimum Gasteiger partial charge on any atom is -0.477 e. The van der Waals surface area contributed by atoms with Crippen LogP contribution in [0.2, 0.25) is 0 Å². The summed E-state index contributed by atoms with van der Waals surface area (Å²) in [5.74, 6) is 0.259. The van der Waals surface area contributed by atoms with Crippen LogP contribution in [-0.4, -0.2) is 53.3 Å². The summed E-state index contributed by atoms with van der Waals surface area (Å²) < 4.78 is 34.7. The van der Waals surface area contributed by atoms with E-state index in [9.17, 15) is 14.7 Å². The van der Waals surface area contributed by atoms with Crippen molar-refractivity contribution in [1.82, 2.24) is 9.88 Å². The average molecular weight is 457 g/mol. The molecule has 2 aliphatic heterocycles. The molecule has 2 fully saturated rings. The van der Waals surface area contributed by atoms with Gasteiger partial charge in [0.15, 0.2) is 11.8 Å². The second-order valence-corrected chi connectivity index (χ2v) is 9.51. The van der Waals surface area contributed by atoms with Crippen molar-refractivity contribution in [2.45, 2.75) is 50.2 Å². The van der Waals surface area contributed by atoms with E-state index in [-0.39, 0.29) is 35.5 Å². The van der Waals surface area contributed by atoms with Crippen molar-refractivity contribution in [2.24, 2.45) is 11.1 Å². The van der Waals surface area contributed by atoms with Crippen LogP contribution in [0.3, 0.4) is 0 Å². The van der Waals surface area contributed by atoms with Gasteiger partial charge in [-0.25, -0.2) is 9.59 Å². The van der Waals surface area contributed by atoms with Crippen LogP contribution in [0.5, 0.6) is 0 Å². The van der Waals surface area contributed by atoms with Crippen molar-refractivity contribution in [3.05, 3.63) is 41.4 Å². The number of oxime groups is 1. The molecule has 3 atom stereocenters. The molecule has 1 saturated carbocycles. The van der Waals surface area contributed by atoms with E-state index in [1.54, 1.807) is 16.6 Å². The van der Waals surface area contributed by atoms with Gasteiger partial charge in [0.1, 0.15) is 11.2 Å². The first-order valence-electron chi connectivity index (χ1n) is 12.4. The molecule has 5 rings (SSSR count). The largest absolute Gasteiger partial charge is 0.477 e. The Morgan fingerprint density at radius 1 is 1.42 bits per heavy atom. The van der Waals surface area contributed by atoms with Crippen molar-refractivity contribution < 1.29 is 33.1 Å². The van der Waals surface area contributed by atoms with Gasteiger partial charge in [-0.3, -0.25) is 5.32 Å². The molecule has 33 heavy (non-hydrogen) atoms. The lowest BCUT2D eigenvalue weighted by molar-refractivity contribution is -0.0592. The van der Waals surface area contributed by atoms with Gasteiger partial charge in [-0.1, -0.05) is 11.2 Å². The Morgan fingerprint density at radius 3 is 2.97 bits per heavy atom. The van der Waals surface area contributed by atoms with Gasteiger partial charge in [0, 0.05) is 30.5 Å². The van der Waals surface area contributed by atoms with Gasteiger partial charge in [-0.2, -0.15) is 0 Å². The monoisotopic (exact) mass is 456 g/mol. The number of ether oxygens (including phenoxy) is 2. The van der Waals surface area contributed by atoms with Crippen LogP contribution in [0.25, 0.3) is 10.9 Å². The minimum absolute atomic E-state index is 0.0128. The predicted molar refractivity (Wildman–Crippen MR) is 120 cm³/mol. The van der Waals surface area contributed by atoms with Crippen LogP contribution < -0.4 is 5.32 Å². The number of hydrogen-bond donors (Lipinski definition) is 2. The number of carbonyl (C=O) groups is 1. The van der Waals surface area contributed by atoms with Gasteiger partial charge in [-0.05, 0) is 62.8 Å². The number of nitrogens with zero attached hydrogens (tertiary/aromatic N) is 2. The summed E-state index contributed by atoms with van der Waals surface area (Å²) in [7, 11) is -2.61. The molecule has 1 aliphatic carbocycles. The zero-order valence-electron chi connectivity index (χ0n) is 21.4. The summed E-state index contributed by atoms with van der Waals surface area (Å²) in [6, 6.07) is 7.50. The predicted octanol–water partition coefficient (Wildman–Crippen LogP) is 2.98. The summed E-state index contributed by atoms with van der Waals surface area (Å²) >= 11 is 0. The molecule has 3 heterocycles. The number of rotatable bonds is 6. The third kappa shape index (κ3) is 3.53. The average Bonchev–Trinajstić information content (AvgIpc) is 3.15. The Balaban J connectivity index is 1.59. The number of carboxylic acid groups (broad SMARTS) is 1. The molecular formula is C24H27N3O6. The number of carboxylic acids is 1. The maximum Gasteiger partial charge on any atom is 0.352 e. The number of aromatic nitrogens is 1. The second kappa shape index (κ2) is 7.73.